The first-order valence-electron chi connectivity index (χ1n) is 4.06. The van der Waals surface area contributed by atoms with Gasteiger partial charge in [0.15, 0.2) is 5.78 Å². The first-order valence-corrected chi connectivity index (χ1v) is 4.44. The summed E-state index contributed by atoms with van der Waals surface area (Å²) >= 11 is 5.08. The molecule has 0 aromatic heterocycles. The summed E-state index contributed by atoms with van der Waals surface area (Å²) in [6.07, 6.45) is 0.0751. The van der Waals surface area contributed by atoms with Crippen molar-refractivity contribution in [2.45, 2.75) is 12.8 Å². The molecule has 0 bridgehead atoms. The van der Waals surface area contributed by atoms with Crippen molar-refractivity contribution in [3.05, 3.63) is 35.6 Å². The molecule has 0 heterocycles. The molecule has 2 nitrogen and oxygen atoms in total. The van der Waals surface area contributed by atoms with Crippen LogP contribution in [0.25, 0.3) is 0 Å². The molecule has 14 heavy (non-hydrogen) atoms. The van der Waals surface area contributed by atoms with E-state index in [0.29, 0.717) is 5.56 Å². The Kier molecular flexibility index (Phi) is 3.77. The van der Waals surface area contributed by atoms with E-state index in [4.69, 9.17) is 11.6 Å². The van der Waals surface area contributed by atoms with E-state index in [0.717, 1.165) is 0 Å². The Labute approximate surface area is 85.7 Å². The summed E-state index contributed by atoms with van der Waals surface area (Å²) in [5.41, 5.74) is 0.393. The second kappa shape index (κ2) is 4.86. The summed E-state index contributed by atoms with van der Waals surface area (Å²) < 4.78 is 12.5. The molecule has 0 unspecified atom stereocenters. The molecule has 1 rings (SSSR count). The van der Waals surface area contributed by atoms with Crippen molar-refractivity contribution in [3.63, 3.8) is 0 Å². The number of rotatable bonds is 4. The van der Waals surface area contributed by atoms with Crippen LogP contribution < -0.4 is 0 Å². The largest absolute Gasteiger partial charge is 0.294 e. The Morgan fingerprint density at radius 3 is 2.21 bits per heavy atom. The van der Waals surface area contributed by atoms with Gasteiger partial charge in [0.2, 0.25) is 5.24 Å². The van der Waals surface area contributed by atoms with E-state index >= 15 is 0 Å². The zero-order valence-electron chi connectivity index (χ0n) is 7.30. The van der Waals surface area contributed by atoms with Gasteiger partial charge in [0.05, 0.1) is 0 Å². The summed E-state index contributed by atoms with van der Waals surface area (Å²) in [5.74, 6) is -0.603. The predicted octanol–water partition coefficient (Wildman–Crippen LogP) is 2.55. The number of carbonyl (C=O) groups excluding carboxylic acids is 2. The van der Waals surface area contributed by atoms with Crippen molar-refractivity contribution >= 4 is 22.6 Å². The fraction of sp³-hybridized carbons (Fsp3) is 0.200. The molecule has 0 fully saturated rings. The molecule has 0 atom stereocenters. The van der Waals surface area contributed by atoms with Gasteiger partial charge in [-0.2, -0.15) is 0 Å². The molecule has 4 heteroatoms. The van der Waals surface area contributed by atoms with Gasteiger partial charge in [-0.25, -0.2) is 4.39 Å². The number of ketones is 1. The predicted molar refractivity (Wildman–Crippen MR) is 50.8 cm³/mol. The molecule has 0 radical (unpaired) electrons. The normalized spacial score (nSPS) is 9.86. The fourth-order valence-electron chi connectivity index (χ4n) is 0.992. The Bertz CT molecular complexity index is 346. The molecule has 0 aliphatic carbocycles. The van der Waals surface area contributed by atoms with Gasteiger partial charge in [-0.3, -0.25) is 9.59 Å². The topological polar surface area (TPSA) is 34.1 Å². The molecule has 1 aromatic rings. The third-order valence-electron chi connectivity index (χ3n) is 1.71. The maximum Gasteiger partial charge on any atom is 0.222 e. The van der Waals surface area contributed by atoms with Crippen LogP contribution >= 0.6 is 11.6 Å². The minimum Gasteiger partial charge on any atom is -0.294 e. The van der Waals surface area contributed by atoms with Gasteiger partial charge >= 0.3 is 0 Å². The first-order chi connectivity index (χ1) is 6.59. The monoisotopic (exact) mass is 214 g/mol. The van der Waals surface area contributed by atoms with Crippen LogP contribution in [0.1, 0.15) is 23.2 Å². The third-order valence-corrected chi connectivity index (χ3v) is 1.90. The average Bonchev–Trinajstić information content (AvgIpc) is 2.15. The molecule has 0 N–H and O–H groups in total. The number of hydrogen-bond donors (Lipinski definition) is 0. The summed E-state index contributed by atoms with van der Waals surface area (Å²) in [5, 5.41) is -0.541. The van der Waals surface area contributed by atoms with Crippen molar-refractivity contribution in [2.75, 3.05) is 0 Å². The number of hydrogen-bond acceptors (Lipinski definition) is 2. The van der Waals surface area contributed by atoms with E-state index in [9.17, 15) is 14.0 Å². The smallest absolute Gasteiger partial charge is 0.222 e. The lowest BCUT2D eigenvalue weighted by molar-refractivity contribution is -0.111. The highest BCUT2D eigenvalue weighted by Crippen LogP contribution is 2.08. The van der Waals surface area contributed by atoms with Gasteiger partial charge in [-0.05, 0) is 35.9 Å². The molecule has 0 aliphatic rings. The quantitative estimate of drug-likeness (QED) is 0.570. The molecular weight excluding hydrogens is 207 g/mol. The third kappa shape index (κ3) is 3.26. The summed E-state index contributed by atoms with van der Waals surface area (Å²) in [6.45, 7) is 0. The van der Waals surface area contributed by atoms with Gasteiger partial charge in [0.25, 0.3) is 0 Å². The summed E-state index contributed by atoms with van der Waals surface area (Å²) in [6, 6.07) is 5.18. The molecule has 0 saturated heterocycles. The maximum atomic E-state index is 12.5. The van der Waals surface area contributed by atoms with E-state index < -0.39 is 11.1 Å². The van der Waals surface area contributed by atoms with Crippen molar-refractivity contribution in [1.29, 1.82) is 0 Å². The lowest BCUT2D eigenvalue weighted by atomic mass is 10.1. The van der Waals surface area contributed by atoms with E-state index in [1.807, 2.05) is 0 Å². The van der Waals surface area contributed by atoms with E-state index in [1.165, 1.54) is 24.3 Å². The number of halogens is 2. The van der Waals surface area contributed by atoms with Crippen molar-refractivity contribution < 1.29 is 14.0 Å². The summed E-state index contributed by atoms with van der Waals surface area (Å²) in [7, 11) is 0. The highest BCUT2D eigenvalue weighted by Gasteiger charge is 2.07. The maximum absolute atomic E-state index is 12.5. The van der Waals surface area contributed by atoms with Gasteiger partial charge in [0, 0.05) is 18.4 Å². The van der Waals surface area contributed by atoms with Crippen LogP contribution in [0.5, 0.6) is 0 Å². The minimum absolute atomic E-state index is 0.0117. The van der Waals surface area contributed by atoms with Crippen LogP contribution in [0, 0.1) is 5.82 Å². The average molecular weight is 215 g/mol. The van der Waals surface area contributed by atoms with E-state index in [2.05, 4.69) is 0 Å². The zero-order chi connectivity index (χ0) is 10.6. The zero-order valence-corrected chi connectivity index (χ0v) is 8.05. The SMILES string of the molecule is O=C(Cl)CCC(=O)c1ccc(F)cc1. The first kappa shape index (κ1) is 10.9. The summed E-state index contributed by atoms with van der Waals surface area (Å²) in [4.78, 5) is 21.7. The van der Waals surface area contributed by atoms with Crippen LogP contribution in [0.4, 0.5) is 4.39 Å². The molecule has 0 spiro atoms. The van der Waals surface area contributed by atoms with Crippen molar-refractivity contribution in [2.24, 2.45) is 0 Å². The Hall–Kier alpha value is -1.22. The Morgan fingerprint density at radius 1 is 1.14 bits per heavy atom. The molecule has 1 aromatic carbocycles. The second-order valence-corrected chi connectivity index (χ2v) is 3.21. The highest BCUT2D eigenvalue weighted by molar-refractivity contribution is 6.63. The lowest BCUT2D eigenvalue weighted by Crippen LogP contribution is -2.01. The Balaban J connectivity index is 2.61. The molecule has 0 amide bonds. The van der Waals surface area contributed by atoms with Crippen LogP contribution in [0.3, 0.4) is 0 Å². The van der Waals surface area contributed by atoms with Crippen LogP contribution in [0.2, 0.25) is 0 Å². The molecule has 74 valence electrons. The van der Waals surface area contributed by atoms with Crippen LogP contribution in [-0.2, 0) is 4.79 Å². The van der Waals surface area contributed by atoms with Gasteiger partial charge < -0.3 is 0 Å². The highest BCUT2D eigenvalue weighted by atomic mass is 35.5. The van der Waals surface area contributed by atoms with E-state index in [-0.39, 0.29) is 18.6 Å². The van der Waals surface area contributed by atoms with Gasteiger partial charge in [-0.15, -0.1) is 0 Å². The molecule has 0 saturated carbocycles. The fourth-order valence-corrected chi connectivity index (χ4v) is 1.09. The minimum atomic E-state index is -0.541. The van der Waals surface area contributed by atoms with Crippen LogP contribution in [0.15, 0.2) is 24.3 Å². The Morgan fingerprint density at radius 2 is 1.71 bits per heavy atom. The van der Waals surface area contributed by atoms with Crippen molar-refractivity contribution in [3.8, 4) is 0 Å². The lowest BCUT2D eigenvalue weighted by Gasteiger charge is -1.98. The number of benzene rings is 1. The van der Waals surface area contributed by atoms with Gasteiger partial charge in [0.1, 0.15) is 5.82 Å². The second-order valence-electron chi connectivity index (χ2n) is 2.79. The van der Waals surface area contributed by atoms with Crippen molar-refractivity contribution in [1.82, 2.24) is 0 Å². The number of Topliss-reactive ketones (excluding diaryl/α,β-unsaturated/α-hetero) is 1. The molecular formula is C10H8ClFO2. The van der Waals surface area contributed by atoms with E-state index in [1.54, 1.807) is 0 Å². The van der Waals surface area contributed by atoms with Crippen LogP contribution in [-0.4, -0.2) is 11.0 Å². The molecule has 0 aliphatic heterocycles. The standard InChI is InChI=1S/C10H8ClFO2/c11-10(14)6-5-9(13)7-1-3-8(12)4-2-7/h1-4H,5-6H2. The van der Waals surface area contributed by atoms with Gasteiger partial charge in [-0.1, -0.05) is 0 Å². The number of carbonyl (C=O) groups is 2.